The number of fused-ring (bicyclic) bond motifs is 1. The number of imidazole rings is 1. The number of halogens is 1. The van der Waals surface area contributed by atoms with Gasteiger partial charge in [-0.2, -0.15) is 4.98 Å². The van der Waals surface area contributed by atoms with Crippen LogP contribution in [0.3, 0.4) is 0 Å². The molecule has 0 atom stereocenters. The average Bonchev–Trinajstić information content (AvgIpc) is 3.40. The topological polar surface area (TPSA) is 78.5 Å². The lowest BCUT2D eigenvalue weighted by Gasteiger charge is -2.11. The summed E-state index contributed by atoms with van der Waals surface area (Å²) in [6.07, 6.45) is 5.50. The second-order valence-corrected chi connectivity index (χ2v) is 7.51. The number of benzene rings is 2. The van der Waals surface area contributed by atoms with Crippen LogP contribution in [0.15, 0.2) is 73.3 Å². The van der Waals surface area contributed by atoms with Crippen LogP contribution in [-0.4, -0.2) is 31.3 Å². The summed E-state index contributed by atoms with van der Waals surface area (Å²) in [6.45, 7) is 1.94. The maximum absolute atomic E-state index is 6.06. The summed E-state index contributed by atoms with van der Waals surface area (Å²) in [5, 5.41) is 8.33. The monoisotopic (exact) mass is 446 g/mol. The summed E-state index contributed by atoms with van der Waals surface area (Å²) in [6, 6.07) is 16.7. The highest BCUT2D eigenvalue weighted by atomic mass is 35.5. The molecule has 0 bridgehead atoms. The highest BCUT2D eigenvalue weighted by Gasteiger charge is 2.12. The fraction of sp³-hybridized carbons (Fsp3) is 0.0870. The van der Waals surface area contributed by atoms with Crippen molar-refractivity contribution in [1.29, 1.82) is 0 Å². The third-order valence-corrected chi connectivity index (χ3v) is 5.01. The Kier molecular flexibility index (Phi) is 5.12. The second kappa shape index (κ2) is 8.24. The number of aryl methyl sites for hydroxylation is 1. The van der Waals surface area contributed by atoms with Gasteiger partial charge in [-0.15, -0.1) is 5.10 Å². The second-order valence-electron chi connectivity index (χ2n) is 7.07. The third-order valence-electron chi connectivity index (χ3n) is 4.78. The molecule has 0 radical (unpaired) electrons. The third kappa shape index (κ3) is 3.95. The van der Waals surface area contributed by atoms with Crippen molar-refractivity contribution in [2.75, 3.05) is 12.4 Å². The first kappa shape index (κ1) is 19.9. The zero-order valence-corrected chi connectivity index (χ0v) is 18.1. The fourth-order valence-electron chi connectivity index (χ4n) is 3.32. The molecular weight excluding hydrogens is 428 g/mol. The lowest BCUT2D eigenvalue weighted by Crippen LogP contribution is -1.98. The van der Waals surface area contributed by atoms with Crippen molar-refractivity contribution in [3.05, 3.63) is 84.0 Å². The Hall–Kier alpha value is -4.04. The van der Waals surface area contributed by atoms with E-state index in [9.17, 15) is 0 Å². The van der Waals surface area contributed by atoms with Crippen LogP contribution in [0.25, 0.3) is 11.3 Å². The van der Waals surface area contributed by atoms with E-state index in [4.69, 9.17) is 21.1 Å². The van der Waals surface area contributed by atoms with Gasteiger partial charge in [0.1, 0.15) is 11.5 Å². The van der Waals surface area contributed by atoms with E-state index in [0.717, 1.165) is 17.1 Å². The predicted octanol–water partition coefficient (Wildman–Crippen LogP) is 5.42. The molecule has 0 saturated carbocycles. The summed E-state index contributed by atoms with van der Waals surface area (Å²) >= 11 is 6.06. The number of nitrogens with one attached hydrogen (secondary N) is 1. The van der Waals surface area contributed by atoms with Gasteiger partial charge >= 0.3 is 0 Å². The molecule has 1 N–H and O–H groups in total. The maximum Gasteiger partial charge on any atom is 0.247 e. The molecule has 0 saturated heterocycles. The van der Waals surface area contributed by atoms with Gasteiger partial charge < -0.3 is 19.4 Å². The Morgan fingerprint density at radius 1 is 1.03 bits per heavy atom. The van der Waals surface area contributed by atoms with Gasteiger partial charge in [0.2, 0.25) is 5.95 Å². The van der Waals surface area contributed by atoms with Crippen molar-refractivity contribution in [2.45, 2.75) is 6.92 Å². The van der Waals surface area contributed by atoms with Crippen LogP contribution < -0.4 is 14.8 Å². The minimum atomic E-state index is 0.431. The quantitative estimate of drug-likeness (QED) is 0.375. The van der Waals surface area contributed by atoms with Crippen LogP contribution >= 0.6 is 11.6 Å². The van der Waals surface area contributed by atoms with Crippen LogP contribution in [0.4, 0.5) is 11.6 Å². The van der Waals surface area contributed by atoms with Gasteiger partial charge in [-0.3, -0.25) is 0 Å². The molecule has 160 valence electrons. The number of hydrogen-bond acceptors (Lipinski definition) is 6. The molecule has 0 fully saturated rings. The number of hydrogen-bond donors (Lipinski definition) is 1. The number of anilines is 2. The van der Waals surface area contributed by atoms with Crippen molar-refractivity contribution in [3.63, 3.8) is 0 Å². The minimum absolute atomic E-state index is 0.431. The van der Waals surface area contributed by atoms with E-state index in [1.807, 2.05) is 66.3 Å². The predicted molar refractivity (Wildman–Crippen MR) is 123 cm³/mol. The van der Waals surface area contributed by atoms with Crippen LogP contribution in [0.5, 0.6) is 17.2 Å². The normalized spacial score (nSPS) is 11.0. The van der Waals surface area contributed by atoms with Gasteiger partial charge in [0.25, 0.3) is 0 Å². The van der Waals surface area contributed by atoms with Gasteiger partial charge in [0.15, 0.2) is 11.4 Å². The first-order chi connectivity index (χ1) is 15.6. The molecule has 2 aromatic carbocycles. The van der Waals surface area contributed by atoms with E-state index in [2.05, 4.69) is 20.4 Å². The van der Waals surface area contributed by atoms with Crippen LogP contribution in [-0.2, 0) is 0 Å². The average molecular weight is 447 g/mol. The lowest BCUT2D eigenvalue weighted by atomic mass is 10.2. The van der Waals surface area contributed by atoms with Crippen molar-refractivity contribution in [1.82, 2.24) is 24.1 Å². The summed E-state index contributed by atoms with van der Waals surface area (Å²) in [7, 11) is 1.63. The zero-order chi connectivity index (χ0) is 22.1. The van der Waals surface area contributed by atoms with Crippen LogP contribution in [0.2, 0.25) is 5.02 Å². The molecule has 0 unspecified atom stereocenters. The number of methoxy groups -OCH3 is 1. The number of aromatic nitrogens is 5. The minimum Gasteiger partial charge on any atom is -0.494 e. The first-order valence-corrected chi connectivity index (χ1v) is 10.2. The Morgan fingerprint density at radius 2 is 1.94 bits per heavy atom. The largest absolute Gasteiger partial charge is 0.494 e. The van der Waals surface area contributed by atoms with E-state index >= 15 is 0 Å². The molecule has 5 rings (SSSR count). The van der Waals surface area contributed by atoms with Gasteiger partial charge in [0.05, 0.1) is 24.8 Å². The van der Waals surface area contributed by atoms with Crippen LogP contribution in [0, 0.1) is 6.92 Å². The molecule has 32 heavy (non-hydrogen) atoms. The lowest BCUT2D eigenvalue weighted by molar-refractivity contribution is 0.413. The standard InChI is InChI=1S/C23H19ClN6O2/c1-15-13-29(14-25-15)19-9-8-17(12-21(19)31-2)26-23-27-22-20(7-4-10-30(22)28-23)32-18-6-3-5-16(24)11-18/h3-14H,1-2H3,(H,26,28). The first-order valence-electron chi connectivity index (χ1n) is 9.84. The Morgan fingerprint density at radius 3 is 2.72 bits per heavy atom. The Labute approximate surface area is 189 Å². The van der Waals surface area contributed by atoms with E-state index in [1.54, 1.807) is 30.1 Å². The highest BCUT2D eigenvalue weighted by molar-refractivity contribution is 6.30. The fourth-order valence-corrected chi connectivity index (χ4v) is 3.50. The van der Waals surface area contributed by atoms with Crippen LogP contribution in [0.1, 0.15) is 5.69 Å². The molecule has 0 spiro atoms. The SMILES string of the molecule is COc1cc(Nc2nc3c(Oc4cccc(Cl)c4)cccn3n2)ccc1-n1cnc(C)c1. The summed E-state index contributed by atoms with van der Waals surface area (Å²) in [5.74, 6) is 2.32. The van der Waals surface area contributed by atoms with Gasteiger partial charge in [0, 0.05) is 29.2 Å². The molecule has 0 aliphatic carbocycles. The number of rotatable bonds is 6. The van der Waals surface area contributed by atoms with Crippen molar-refractivity contribution in [3.8, 4) is 22.9 Å². The number of nitrogens with zero attached hydrogens (tertiary/aromatic N) is 5. The molecule has 9 heteroatoms. The van der Waals surface area contributed by atoms with Gasteiger partial charge in [-0.1, -0.05) is 17.7 Å². The van der Waals surface area contributed by atoms with Crippen molar-refractivity contribution < 1.29 is 9.47 Å². The van der Waals surface area contributed by atoms with E-state index in [-0.39, 0.29) is 0 Å². The molecule has 0 aliphatic heterocycles. The van der Waals surface area contributed by atoms with Crippen molar-refractivity contribution in [2.24, 2.45) is 0 Å². The van der Waals surface area contributed by atoms with E-state index < -0.39 is 0 Å². The highest BCUT2D eigenvalue weighted by Crippen LogP contribution is 2.30. The van der Waals surface area contributed by atoms with Gasteiger partial charge in [-0.05, 0) is 49.4 Å². The molecule has 0 aliphatic rings. The molecule has 5 aromatic rings. The molecular formula is C23H19ClN6O2. The van der Waals surface area contributed by atoms with E-state index in [0.29, 0.717) is 33.9 Å². The molecule has 8 nitrogen and oxygen atoms in total. The molecule has 3 aromatic heterocycles. The summed E-state index contributed by atoms with van der Waals surface area (Å²) in [4.78, 5) is 8.87. The molecule has 0 amide bonds. The molecule has 3 heterocycles. The smallest absolute Gasteiger partial charge is 0.247 e. The summed E-state index contributed by atoms with van der Waals surface area (Å²) in [5.41, 5.74) is 3.18. The van der Waals surface area contributed by atoms with Crippen molar-refractivity contribution >= 4 is 28.9 Å². The van der Waals surface area contributed by atoms with E-state index in [1.165, 1.54) is 0 Å². The zero-order valence-electron chi connectivity index (χ0n) is 17.4. The number of ether oxygens (including phenoxy) is 2. The van der Waals surface area contributed by atoms with Gasteiger partial charge in [-0.25, -0.2) is 9.50 Å². The maximum atomic E-state index is 6.06. The Bertz CT molecular complexity index is 1410. The summed E-state index contributed by atoms with van der Waals surface area (Å²) < 4.78 is 15.1. The number of pyridine rings is 1. The Balaban J connectivity index is 1.43.